The monoisotopic (exact) mass is 456 g/mol. The number of fused-ring (bicyclic) bond motifs is 1. The molecule has 1 unspecified atom stereocenters. The zero-order chi connectivity index (χ0) is 21.7. The third-order valence-electron chi connectivity index (χ3n) is 5.02. The normalized spacial score (nSPS) is 13.4. The van der Waals surface area contributed by atoms with E-state index in [0.29, 0.717) is 5.03 Å². The minimum atomic E-state index is -4.02. The number of aromatic nitrogens is 3. The van der Waals surface area contributed by atoms with Crippen molar-refractivity contribution < 1.29 is 12.8 Å². The van der Waals surface area contributed by atoms with E-state index in [1.807, 2.05) is 27.9 Å². The predicted octanol–water partition coefficient (Wildman–Crippen LogP) is 4.32. The fourth-order valence-electron chi connectivity index (χ4n) is 3.30. The van der Waals surface area contributed by atoms with Crippen molar-refractivity contribution in [3.63, 3.8) is 0 Å². The lowest BCUT2D eigenvalue weighted by molar-refractivity contribution is 0.317. The second-order valence-electron chi connectivity index (χ2n) is 6.99. The Labute approximate surface area is 179 Å². The highest BCUT2D eigenvalue weighted by Gasteiger charge is 2.31. The molecule has 0 N–H and O–H groups in total. The number of benzene rings is 1. The molecule has 1 aromatic carbocycles. The average Bonchev–Trinajstić information content (AvgIpc) is 3.03. The van der Waals surface area contributed by atoms with Crippen LogP contribution in [0.4, 0.5) is 4.39 Å². The molecular formula is C19H22ClFN4O2S2. The largest absolute Gasteiger partial charge is 0.303 e. The van der Waals surface area contributed by atoms with E-state index in [-0.39, 0.29) is 26.5 Å². The summed E-state index contributed by atoms with van der Waals surface area (Å²) in [6, 6.07) is 3.43. The van der Waals surface area contributed by atoms with Crippen LogP contribution in [0, 0.1) is 19.7 Å². The molecular weight excluding hydrogens is 435 g/mol. The van der Waals surface area contributed by atoms with Gasteiger partial charge in [-0.25, -0.2) is 22.3 Å². The van der Waals surface area contributed by atoms with Crippen molar-refractivity contribution in [3.8, 4) is 0 Å². The van der Waals surface area contributed by atoms with Gasteiger partial charge in [0.05, 0.1) is 9.92 Å². The van der Waals surface area contributed by atoms with Crippen LogP contribution in [0.1, 0.15) is 29.9 Å². The Morgan fingerprint density at radius 1 is 1.28 bits per heavy atom. The maximum absolute atomic E-state index is 13.6. The Bertz CT molecular complexity index is 1210. The van der Waals surface area contributed by atoms with Crippen molar-refractivity contribution in [3.05, 3.63) is 46.0 Å². The topological polar surface area (TPSA) is 67.6 Å². The molecule has 0 fully saturated rings. The first-order chi connectivity index (χ1) is 13.5. The third-order valence-corrected chi connectivity index (χ3v) is 7.89. The molecule has 1 atom stereocenters. The van der Waals surface area contributed by atoms with Crippen LogP contribution >= 0.6 is 23.4 Å². The van der Waals surface area contributed by atoms with Gasteiger partial charge in [0.25, 0.3) is 0 Å². The highest BCUT2D eigenvalue weighted by atomic mass is 35.5. The van der Waals surface area contributed by atoms with E-state index >= 15 is 0 Å². The van der Waals surface area contributed by atoms with Gasteiger partial charge in [0.1, 0.15) is 10.8 Å². The Balaban J connectivity index is 2.35. The van der Waals surface area contributed by atoms with E-state index in [1.54, 1.807) is 10.8 Å². The van der Waals surface area contributed by atoms with Gasteiger partial charge in [-0.05, 0) is 59.3 Å². The summed E-state index contributed by atoms with van der Waals surface area (Å²) in [5.41, 5.74) is 2.80. The molecule has 10 heteroatoms. The molecule has 3 aromatic rings. The van der Waals surface area contributed by atoms with Crippen LogP contribution in [0.5, 0.6) is 0 Å². The zero-order valence-corrected chi connectivity index (χ0v) is 19.4. The predicted molar refractivity (Wildman–Crippen MR) is 113 cm³/mol. The summed E-state index contributed by atoms with van der Waals surface area (Å²) in [6.45, 7) is 5.82. The van der Waals surface area contributed by atoms with Crippen molar-refractivity contribution in [1.82, 2.24) is 19.5 Å². The molecule has 0 aliphatic carbocycles. The summed E-state index contributed by atoms with van der Waals surface area (Å²) >= 11 is 7.04. The molecule has 2 aromatic heterocycles. The molecule has 0 aliphatic heterocycles. The standard InChI is InChI=1S/C19H22ClFN4O2S2/c1-10-16(11(2)24(4)5)12(3)25-18(22-10)17(19(23-25)28-6)29(26,27)13-7-8-15(21)14(20)9-13/h7-9,11H,1-6H3. The molecule has 156 valence electrons. The molecule has 2 heterocycles. The average molecular weight is 457 g/mol. The summed E-state index contributed by atoms with van der Waals surface area (Å²) in [5, 5.41) is 4.59. The maximum Gasteiger partial charge on any atom is 0.213 e. The van der Waals surface area contributed by atoms with Gasteiger partial charge in [-0.3, -0.25) is 0 Å². The summed E-state index contributed by atoms with van der Waals surface area (Å²) in [4.78, 5) is 6.57. The van der Waals surface area contributed by atoms with Crippen LogP contribution in [-0.4, -0.2) is 48.3 Å². The van der Waals surface area contributed by atoms with Crippen molar-refractivity contribution in [2.75, 3.05) is 20.4 Å². The number of aryl methyl sites for hydroxylation is 2. The van der Waals surface area contributed by atoms with Gasteiger partial charge < -0.3 is 4.90 Å². The summed E-state index contributed by atoms with van der Waals surface area (Å²) in [5.74, 6) is -0.678. The molecule has 0 saturated heterocycles. The van der Waals surface area contributed by atoms with E-state index in [1.165, 1.54) is 17.8 Å². The van der Waals surface area contributed by atoms with Crippen molar-refractivity contribution >= 4 is 38.8 Å². The molecule has 3 rings (SSSR count). The molecule has 29 heavy (non-hydrogen) atoms. The highest BCUT2D eigenvalue weighted by Crippen LogP contribution is 2.35. The molecule has 0 spiro atoms. The molecule has 0 amide bonds. The second-order valence-corrected chi connectivity index (χ2v) is 10.1. The number of thioether (sulfide) groups is 1. The van der Waals surface area contributed by atoms with Crippen LogP contribution in [0.15, 0.2) is 33.0 Å². The van der Waals surface area contributed by atoms with Gasteiger partial charge in [-0.2, -0.15) is 5.10 Å². The Morgan fingerprint density at radius 2 is 1.93 bits per heavy atom. The molecule has 0 aliphatic rings. The molecule has 0 radical (unpaired) electrons. The van der Waals surface area contributed by atoms with E-state index in [0.717, 1.165) is 29.1 Å². The number of sulfone groups is 1. The highest BCUT2D eigenvalue weighted by molar-refractivity contribution is 7.99. The van der Waals surface area contributed by atoms with E-state index in [9.17, 15) is 12.8 Å². The molecule has 6 nitrogen and oxygen atoms in total. The smallest absolute Gasteiger partial charge is 0.213 e. The van der Waals surface area contributed by atoms with E-state index in [2.05, 4.69) is 21.9 Å². The second kappa shape index (κ2) is 7.86. The van der Waals surface area contributed by atoms with Gasteiger partial charge in [-0.15, -0.1) is 11.8 Å². The first-order valence-electron chi connectivity index (χ1n) is 8.81. The zero-order valence-electron chi connectivity index (χ0n) is 17.0. The van der Waals surface area contributed by atoms with E-state index in [4.69, 9.17) is 11.6 Å². The number of hydrogen-bond acceptors (Lipinski definition) is 6. The van der Waals surface area contributed by atoms with Gasteiger partial charge in [0, 0.05) is 23.0 Å². The minimum Gasteiger partial charge on any atom is -0.303 e. The number of nitrogens with zero attached hydrogens (tertiary/aromatic N) is 4. The fraction of sp³-hybridized carbons (Fsp3) is 0.368. The van der Waals surface area contributed by atoms with Crippen LogP contribution in [-0.2, 0) is 9.84 Å². The fourth-order valence-corrected chi connectivity index (χ4v) is 5.96. The first kappa shape index (κ1) is 22.0. The van der Waals surface area contributed by atoms with Gasteiger partial charge in [-0.1, -0.05) is 11.6 Å². The Kier molecular flexibility index (Phi) is 5.97. The van der Waals surface area contributed by atoms with Crippen LogP contribution in [0.2, 0.25) is 5.02 Å². The van der Waals surface area contributed by atoms with E-state index < -0.39 is 15.7 Å². The first-order valence-corrected chi connectivity index (χ1v) is 11.9. The quantitative estimate of drug-likeness (QED) is 0.421. The van der Waals surface area contributed by atoms with Gasteiger partial charge >= 0.3 is 0 Å². The van der Waals surface area contributed by atoms with Crippen LogP contribution < -0.4 is 0 Å². The summed E-state index contributed by atoms with van der Waals surface area (Å²) < 4.78 is 41.9. The molecule has 0 saturated carbocycles. The third kappa shape index (κ3) is 3.65. The lowest BCUT2D eigenvalue weighted by Gasteiger charge is -2.23. The van der Waals surface area contributed by atoms with Crippen molar-refractivity contribution in [1.29, 1.82) is 0 Å². The van der Waals surface area contributed by atoms with Crippen molar-refractivity contribution in [2.24, 2.45) is 0 Å². The number of rotatable bonds is 5. The molecule has 0 bridgehead atoms. The number of hydrogen-bond donors (Lipinski definition) is 0. The van der Waals surface area contributed by atoms with Crippen LogP contribution in [0.25, 0.3) is 5.65 Å². The van der Waals surface area contributed by atoms with Gasteiger partial charge in [0.15, 0.2) is 10.5 Å². The maximum atomic E-state index is 13.6. The van der Waals surface area contributed by atoms with Crippen LogP contribution in [0.3, 0.4) is 0 Å². The Morgan fingerprint density at radius 3 is 2.48 bits per heavy atom. The minimum absolute atomic E-state index is 0.00271. The van der Waals surface area contributed by atoms with Gasteiger partial charge in [0.2, 0.25) is 9.84 Å². The Hall–Kier alpha value is -1.68. The number of halogens is 2. The summed E-state index contributed by atoms with van der Waals surface area (Å²) in [6.07, 6.45) is 1.75. The SMILES string of the molecule is CSc1nn2c(C)c(C(C)N(C)C)c(C)nc2c1S(=O)(=O)c1ccc(F)c(Cl)c1. The lowest BCUT2D eigenvalue weighted by atomic mass is 10.0. The lowest BCUT2D eigenvalue weighted by Crippen LogP contribution is -2.21. The summed E-state index contributed by atoms with van der Waals surface area (Å²) in [7, 11) is -0.0743. The van der Waals surface area contributed by atoms with Crippen molar-refractivity contribution in [2.45, 2.75) is 41.6 Å².